The van der Waals surface area contributed by atoms with Crippen LogP contribution in [0.4, 0.5) is 4.39 Å². The Balaban J connectivity index is 1.97. The average molecular weight is 316 g/mol. The van der Waals surface area contributed by atoms with Gasteiger partial charge in [-0.05, 0) is 52.9 Å². The molecule has 1 aromatic rings. The van der Waals surface area contributed by atoms with Crippen LogP contribution in [0.2, 0.25) is 0 Å². The lowest BCUT2D eigenvalue weighted by Gasteiger charge is -2.23. The Hall–Kier alpha value is -0.610. The van der Waals surface area contributed by atoms with Gasteiger partial charge in [0.05, 0.1) is 4.47 Å². The molecule has 1 atom stereocenters. The van der Waals surface area contributed by atoms with E-state index in [1.165, 1.54) is 25.0 Å². The number of hydrogen-bond acceptors (Lipinski definition) is 2. The van der Waals surface area contributed by atoms with E-state index in [4.69, 9.17) is 4.74 Å². The van der Waals surface area contributed by atoms with Gasteiger partial charge in [-0.2, -0.15) is 0 Å². The van der Waals surface area contributed by atoms with Crippen molar-refractivity contribution in [2.75, 3.05) is 6.54 Å². The molecule has 1 aliphatic rings. The van der Waals surface area contributed by atoms with Crippen molar-refractivity contribution < 1.29 is 9.13 Å². The standard InChI is InChI=1S/C14H19BrFNO/c1-9(2)14(8-17-11-4-5-11)18-13-6-3-10(16)7-12(13)15/h3,6-7,9,11,14,17H,4-5,8H2,1-2H3. The fourth-order valence-electron chi connectivity index (χ4n) is 1.72. The summed E-state index contributed by atoms with van der Waals surface area (Å²) in [7, 11) is 0. The highest BCUT2D eigenvalue weighted by atomic mass is 79.9. The van der Waals surface area contributed by atoms with Crippen molar-refractivity contribution in [1.82, 2.24) is 5.32 Å². The third-order valence-corrected chi connectivity index (χ3v) is 3.72. The lowest BCUT2D eigenvalue weighted by Crippen LogP contribution is -2.36. The van der Waals surface area contributed by atoms with E-state index < -0.39 is 0 Å². The molecule has 2 rings (SSSR count). The van der Waals surface area contributed by atoms with Crippen molar-refractivity contribution in [2.24, 2.45) is 5.92 Å². The Labute approximate surface area is 116 Å². The molecule has 1 unspecified atom stereocenters. The second kappa shape index (κ2) is 6.02. The number of halogens is 2. The topological polar surface area (TPSA) is 21.3 Å². The van der Waals surface area contributed by atoms with E-state index in [0.717, 1.165) is 6.54 Å². The van der Waals surface area contributed by atoms with Crippen LogP contribution in [0.25, 0.3) is 0 Å². The Morgan fingerprint density at radius 3 is 2.72 bits per heavy atom. The average Bonchev–Trinajstić information content (AvgIpc) is 3.10. The number of nitrogens with one attached hydrogen (secondary N) is 1. The van der Waals surface area contributed by atoms with Crippen LogP contribution in [0.5, 0.6) is 5.75 Å². The molecule has 4 heteroatoms. The third kappa shape index (κ3) is 3.95. The quantitative estimate of drug-likeness (QED) is 0.863. The van der Waals surface area contributed by atoms with Gasteiger partial charge < -0.3 is 10.1 Å². The van der Waals surface area contributed by atoms with Crippen molar-refractivity contribution in [3.8, 4) is 5.75 Å². The second-order valence-electron chi connectivity index (χ2n) is 5.16. The first-order valence-electron chi connectivity index (χ1n) is 6.41. The van der Waals surface area contributed by atoms with Crippen LogP contribution in [0.15, 0.2) is 22.7 Å². The first-order chi connectivity index (χ1) is 8.56. The van der Waals surface area contributed by atoms with Gasteiger partial charge in [0.25, 0.3) is 0 Å². The van der Waals surface area contributed by atoms with Crippen LogP contribution in [-0.2, 0) is 0 Å². The van der Waals surface area contributed by atoms with Gasteiger partial charge in [-0.3, -0.25) is 0 Å². The summed E-state index contributed by atoms with van der Waals surface area (Å²) >= 11 is 3.33. The molecule has 0 aliphatic heterocycles. The zero-order valence-electron chi connectivity index (χ0n) is 10.7. The van der Waals surface area contributed by atoms with E-state index in [1.807, 2.05) is 0 Å². The molecule has 2 nitrogen and oxygen atoms in total. The molecule has 0 saturated heterocycles. The molecule has 0 amide bonds. The minimum absolute atomic E-state index is 0.104. The molecule has 0 radical (unpaired) electrons. The van der Waals surface area contributed by atoms with E-state index >= 15 is 0 Å². The predicted molar refractivity (Wildman–Crippen MR) is 74.4 cm³/mol. The van der Waals surface area contributed by atoms with Crippen LogP contribution in [0.1, 0.15) is 26.7 Å². The van der Waals surface area contributed by atoms with Gasteiger partial charge in [-0.1, -0.05) is 13.8 Å². The highest BCUT2D eigenvalue weighted by Gasteiger charge is 2.24. The summed E-state index contributed by atoms with van der Waals surface area (Å²) in [5.41, 5.74) is 0. The van der Waals surface area contributed by atoms with Crippen LogP contribution in [0.3, 0.4) is 0 Å². The first kappa shape index (κ1) is 13.8. The van der Waals surface area contributed by atoms with Gasteiger partial charge in [-0.25, -0.2) is 4.39 Å². The summed E-state index contributed by atoms with van der Waals surface area (Å²) in [6.07, 6.45) is 2.64. The molecular formula is C14H19BrFNO. The maximum absolute atomic E-state index is 13.0. The first-order valence-corrected chi connectivity index (χ1v) is 7.20. The SMILES string of the molecule is CC(C)C(CNC1CC1)Oc1ccc(F)cc1Br. The summed E-state index contributed by atoms with van der Waals surface area (Å²) < 4.78 is 19.6. The van der Waals surface area contributed by atoms with Gasteiger partial charge in [0.15, 0.2) is 0 Å². The van der Waals surface area contributed by atoms with Crippen LogP contribution < -0.4 is 10.1 Å². The second-order valence-corrected chi connectivity index (χ2v) is 6.01. The van der Waals surface area contributed by atoms with Crippen molar-refractivity contribution in [1.29, 1.82) is 0 Å². The zero-order chi connectivity index (χ0) is 13.1. The van der Waals surface area contributed by atoms with Gasteiger partial charge in [-0.15, -0.1) is 0 Å². The fourth-order valence-corrected chi connectivity index (χ4v) is 2.16. The molecule has 100 valence electrons. The van der Waals surface area contributed by atoms with Crippen molar-refractivity contribution >= 4 is 15.9 Å². The van der Waals surface area contributed by atoms with Crippen molar-refractivity contribution in [3.63, 3.8) is 0 Å². The number of ether oxygens (including phenoxy) is 1. The third-order valence-electron chi connectivity index (χ3n) is 3.10. The van der Waals surface area contributed by atoms with Crippen molar-refractivity contribution in [3.05, 3.63) is 28.5 Å². The molecule has 18 heavy (non-hydrogen) atoms. The Bertz CT molecular complexity index is 407. The van der Waals surface area contributed by atoms with E-state index in [1.54, 1.807) is 6.07 Å². The van der Waals surface area contributed by atoms with Gasteiger partial charge in [0, 0.05) is 12.6 Å². The Morgan fingerprint density at radius 1 is 1.44 bits per heavy atom. The molecule has 1 aliphatic carbocycles. The molecule has 0 heterocycles. The molecule has 0 bridgehead atoms. The van der Waals surface area contributed by atoms with E-state index in [9.17, 15) is 4.39 Å². The molecule has 1 aromatic carbocycles. The highest BCUT2D eigenvalue weighted by molar-refractivity contribution is 9.10. The largest absolute Gasteiger partial charge is 0.488 e. The van der Waals surface area contributed by atoms with E-state index in [2.05, 4.69) is 35.1 Å². The summed E-state index contributed by atoms with van der Waals surface area (Å²) in [5, 5.41) is 3.47. The van der Waals surface area contributed by atoms with E-state index in [-0.39, 0.29) is 11.9 Å². The summed E-state index contributed by atoms with van der Waals surface area (Å²) in [6, 6.07) is 5.20. The van der Waals surface area contributed by atoms with Crippen molar-refractivity contribution in [2.45, 2.75) is 38.8 Å². The number of hydrogen-bond donors (Lipinski definition) is 1. The van der Waals surface area contributed by atoms with Gasteiger partial charge in [0.1, 0.15) is 17.7 Å². The number of rotatable bonds is 6. The molecule has 1 N–H and O–H groups in total. The molecule has 0 spiro atoms. The Kier molecular flexibility index (Phi) is 4.62. The maximum Gasteiger partial charge on any atom is 0.134 e. The van der Waals surface area contributed by atoms with Crippen LogP contribution >= 0.6 is 15.9 Å². The summed E-state index contributed by atoms with van der Waals surface area (Å²) in [5.74, 6) is 0.854. The fraction of sp³-hybridized carbons (Fsp3) is 0.571. The normalized spacial score (nSPS) is 16.9. The Morgan fingerprint density at radius 2 is 2.17 bits per heavy atom. The minimum Gasteiger partial charge on any atom is -0.488 e. The smallest absolute Gasteiger partial charge is 0.134 e. The number of benzene rings is 1. The minimum atomic E-state index is -0.258. The molecule has 0 aromatic heterocycles. The molecule has 1 saturated carbocycles. The predicted octanol–water partition coefficient (Wildman–Crippen LogP) is 3.74. The summed E-state index contributed by atoms with van der Waals surface area (Å²) in [6.45, 7) is 5.11. The lowest BCUT2D eigenvalue weighted by molar-refractivity contribution is 0.147. The summed E-state index contributed by atoms with van der Waals surface area (Å²) in [4.78, 5) is 0. The van der Waals surface area contributed by atoms with Crippen LogP contribution in [-0.4, -0.2) is 18.7 Å². The zero-order valence-corrected chi connectivity index (χ0v) is 12.3. The van der Waals surface area contributed by atoms with Crippen LogP contribution in [0, 0.1) is 11.7 Å². The highest BCUT2D eigenvalue weighted by Crippen LogP contribution is 2.28. The van der Waals surface area contributed by atoms with Gasteiger partial charge in [0.2, 0.25) is 0 Å². The lowest BCUT2D eigenvalue weighted by atomic mass is 10.1. The molecule has 1 fully saturated rings. The monoisotopic (exact) mass is 315 g/mol. The maximum atomic E-state index is 13.0. The molecular weight excluding hydrogens is 297 g/mol. The van der Waals surface area contributed by atoms with E-state index in [0.29, 0.717) is 22.2 Å². The van der Waals surface area contributed by atoms with Gasteiger partial charge >= 0.3 is 0 Å².